The van der Waals surface area contributed by atoms with E-state index in [2.05, 4.69) is 5.32 Å². The summed E-state index contributed by atoms with van der Waals surface area (Å²) in [5.74, 6) is -1.97. The third kappa shape index (κ3) is 4.36. The van der Waals surface area contributed by atoms with Crippen LogP contribution in [0.5, 0.6) is 0 Å². The van der Waals surface area contributed by atoms with Crippen molar-refractivity contribution in [1.82, 2.24) is 5.32 Å². The predicted molar refractivity (Wildman–Crippen MR) is 97.3 cm³/mol. The van der Waals surface area contributed by atoms with Gasteiger partial charge in [0.25, 0.3) is 5.91 Å². The number of amides is 1. The number of ether oxygens (including phenoxy) is 1. The fourth-order valence-corrected chi connectivity index (χ4v) is 4.54. The number of benzene rings is 1. The van der Waals surface area contributed by atoms with Gasteiger partial charge in [-0.05, 0) is 32.4 Å². The Labute approximate surface area is 155 Å². The number of carbonyl (C=O) groups is 2. The first-order valence-electron chi connectivity index (χ1n) is 8.41. The van der Waals surface area contributed by atoms with Crippen LogP contribution in [-0.4, -0.2) is 43.9 Å². The van der Waals surface area contributed by atoms with E-state index in [4.69, 9.17) is 9.15 Å². The van der Waals surface area contributed by atoms with Crippen LogP contribution < -0.4 is 10.7 Å². The second-order valence-corrected chi connectivity index (χ2v) is 8.86. The first-order valence-corrected chi connectivity index (χ1v) is 10.2. The fraction of sp³-hybridized carbons (Fsp3) is 0.389. The van der Waals surface area contributed by atoms with Crippen molar-refractivity contribution >= 4 is 32.7 Å². The lowest BCUT2D eigenvalue weighted by Crippen LogP contribution is -2.42. The monoisotopic (exact) mass is 393 g/mol. The Bertz CT molecular complexity index is 1070. The molecule has 3 rings (SSSR count). The van der Waals surface area contributed by atoms with Crippen LogP contribution in [-0.2, 0) is 19.4 Å². The molecular formula is C18H19NO7S. The molecule has 1 aromatic heterocycles. The SMILES string of the molecule is Cc1ccc2oc(C(=O)O[C@@H](C)C(=O)N[C@@H]3CCS(=O)(=O)C3)cc(=O)c2c1. The van der Waals surface area contributed by atoms with Crippen molar-refractivity contribution < 1.29 is 27.2 Å². The molecule has 2 aromatic rings. The second-order valence-electron chi connectivity index (χ2n) is 6.63. The fourth-order valence-electron chi connectivity index (χ4n) is 2.87. The van der Waals surface area contributed by atoms with Crippen LogP contribution in [0.15, 0.2) is 33.5 Å². The smallest absolute Gasteiger partial charge is 0.375 e. The Morgan fingerprint density at radius 2 is 2.04 bits per heavy atom. The lowest BCUT2D eigenvalue weighted by Gasteiger charge is -2.16. The lowest BCUT2D eigenvalue weighted by molar-refractivity contribution is -0.129. The summed E-state index contributed by atoms with van der Waals surface area (Å²) in [5.41, 5.74) is 0.734. The van der Waals surface area contributed by atoms with E-state index < -0.39 is 33.9 Å². The van der Waals surface area contributed by atoms with Gasteiger partial charge in [-0.3, -0.25) is 9.59 Å². The zero-order chi connectivity index (χ0) is 19.8. The number of sulfone groups is 1. The van der Waals surface area contributed by atoms with Crippen molar-refractivity contribution in [2.75, 3.05) is 11.5 Å². The minimum absolute atomic E-state index is 0.0217. The van der Waals surface area contributed by atoms with Gasteiger partial charge in [-0.2, -0.15) is 0 Å². The summed E-state index contributed by atoms with van der Waals surface area (Å²) in [6.07, 6.45) is -0.840. The minimum atomic E-state index is -3.13. The van der Waals surface area contributed by atoms with Crippen LogP contribution in [0, 0.1) is 6.92 Å². The zero-order valence-corrected chi connectivity index (χ0v) is 15.7. The third-order valence-electron chi connectivity index (χ3n) is 4.32. The van der Waals surface area contributed by atoms with E-state index in [1.165, 1.54) is 6.92 Å². The molecule has 0 unspecified atom stereocenters. The van der Waals surface area contributed by atoms with Crippen molar-refractivity contribution in [3.8, 4) is 0 Å². The van der Waals surface area contributed by atoms with Crippen LogP contribution in [0.4, 0.5) is 0 Å². The number of carbonyl (C=O) groups excluding carboxylic acids is 2. The molecular weight excluding hydrogens is 374 g/mol. The molecule has 0 saturated carbocycles. The van der Waals surface area contributed by atoms with E-state index in [0.717, 1.165) is 11.6 Å². The highest BCUT2D eigenvalue weighted by Gasteiger charge is 2.31. The van der Waals surface area contributed by atoms with Crippen LogP contribution >= 0.6 is 0 Å². The highest BCUT2D eigenvalue weighted by Crippen LogP contribution is 2.16. The standard InChI is InChI=1S/C18H19NO7S/c1-10-3-4-15-13(7-10)14(20)8-16(26-15)18(22)25-11(2)17(21)19-12-5-6-27(23,24)9-12/h3-4,7-8,11-12H,5-6,9H2,1-2H3,(H,19,21)/t11-,12+/m0/s1. The van der Waals surface area contributed by atoms with E-state index in [0.29, 0.717) is 11.8 Å². The maximum Gasteiger partial charge on any atom is 0.375 e. The predicted octanol–water partition coefficient (Wildman–Crippen LogP) is 0.950. The van der Waals surface area contributed by atoms with Crippen molar-refractivity contribution in [1.29, 1.82) is 0 Å². The number of hydrogen-bond donors (Lipinski definition) is 1. The van der Waals surface area contributed by atoms with Gasteiger partial charge in [0.15, 0.2) is 21.4 Å². The first kappa shape index (κ1) is 19.1. The first-order chi connectivity index (χ1) is 12.6. The summed E-state index contributed by atoms with van der Waals surface area (Å²) in [6.45, 7) is 3.19. The lowest BCUT2D eigenvalue weighted by atomic mass is 10.1. The van der Waals surface area contributed by atoms with Crippen LogP contribution in [0.1, 0.15) is 29.5 Å². The Hall–Kier alpha value is -2.68. The van der Waals surface area contributed by atoms with Crippen LogP contribution in [0.2, 0.25) is 0 Å². The molecule has 1 aliphatic heterocycles. The largest absolute Gasteiger partial charge is 0.449 e. The van der Waals surface area contributed by atoms with E-state index in [1.807, 2.05) is 6.92 Å². The van der Waals surface area contributed by atoms with Gasteiger partial charge in [-0.1, -0.05) is 11.6 Å². The maximum absolute atomic E-state index is 12.2. The van der Waals surface area contributed by atoms with Gasteiger partial charge >= 0.3 is 5.97 Å². The molecule has 9 heteroatoms. The Kier molecular flexibility index (Phi) is 5.05. The van der Waals surface area contributed by atoms with Gasteiger partial charge in [0, 0.05) is 12.1 Å². The minimum Gasteiger partial charge on any atom is -0.449 e. The maximum atomic E-state index is 12.2. The van der Waals surface area contributed by atoms with Crippen molar-refractivity contribution in [3.63, 3.8) is 0 Å². The highest BCUT2D eigenvalue weighted by atomic mass is 32.2. The molecule has 0 radical (unpaired) electrons. The molecule has 0 aliphatic carbocycles. The molecule has 2 heterocycles. The second kappa shape index (κ2) is 7.15. The molecule has 0 bridgehead atoms. The Balaban J connectivity index is 1.69. The summed E-state index contributed by atoms with van der Waals surface area (Å²) >= 11 is 0. The van der Waals surface area contributed by atoms with Crippen molar-refractivity contribution in [2.24, 2.45) is 0 Å². The Morgan fingerprint density at radius 1 is 1.30 bits per heavy atom. The average molecular weight is 393 g/mol. The number of rotatable bonds is 4. The van der Waals surface area contributed by atoms with Gasteiger partial charge in [0.2, 0.25) is 5.76 Å². The highest BCUT2D eigenvalue weighted by molar-refractivity contribution is 7.91. The summed E-state index contributed by atoms with van der Waals surface area (Å²) in [7, 11) is -3.13. The van der Waals surface area contributed by atoms with E-state index >= 15 is 0 Å². The van der Waals surface area contributed by atoms with Crippen molar-refractivity contribution in [3.05, 3.63) is 45.8 Å². The average Bonchev–Trinajstić information content (AvgIpc) is 2.93. The van der Waals surface area contributed by atoms with Gasteiger partial charge in [-0.25, -0.2) is 13.2 Å². The molecule has 1 saturated heterocycles. The van der Waals surface area contributed by atoms with E-state index in [1.54, 1.807) is 18.2 Å². The molecule has 2 atom stereocenters. The Morgan fingerprint density at radius 3 is 2.70 bits per heavy atom. The van der Waals surface area contributed by atoms with Crippen LogP contribution in [0.25, 0.3) is 11.0 Å². The number of esters is 1. The number of hydrogen-bond acceptors (Lipinski definition) is 7. The summed E-state index contributed by atoms with van der Waals surface area (Å²) in [4.78, 5) is 36.5. The molecule has 1 N–H and O–H groups in total. The molecule has 1 aliphatic rings. The summed E-state index contributed by atoms with van der Waals surface area (Å²) < 4.78 is 33.3. The zero-order valence-electron chi connectivity index (χ0n) is 14.9. The molecule has 27 heavy (non-hydrogen) atoms. The number of aryl methyl sites for hydroxylation is 1. The topological polar surface area (TPSA) is 120 Å². The van der Waals surface area contributed by atoms with Crippen molar-refractivity contribution in [2.45, 2.75) is 32.4 Å². The molecule has 1 amide bonds. The quantitative estimate of drug-likeness (QED) is 0.768. The van der Waals surface area contributed by atoms with E-state index in [9.17, 15) is 22.8 Å². The molecule has 1 aromatic carbocycles. The molecule has 144 valence electrons. The van der Waals surface area contributed by atoms with Gasteiger partial charge in [-0.15, -0.1) is 0 Å². The number of nitrogens with one attached hydrogen (secondary N) is 1. The number of fused-ring (bicyclic) bond motifs is 1. The molecule has 0 spiro atoms. The summed E-state index contributed by atoms with van der Waals surface area (Å²) in [6, 6.07) is 5.51. The summed E-state index contributed by atoms with van der Waals surface area (Å²) in [5, 5.41) is 2.90. The normalized spacial score (nSPS) is 19.6. The molecule has 8 nitrogen and oxygen atoms in total. The third-order valence-corrected chi connectivity index (χ3v) is 6.08. The van der Waals surface area contributed by atoms with Gasteiger partial charge in [0.1, 0.15) is 5.58 Å². The van der Waals surface area contributed by atoms with Gasteiger partial charge in [0.05, 0.1) is 16.9 Å². The van der Waals surface area contributed by atoms with Crippen LogP contribution in [0.3, 0.4) is 0 Å². The molecule has 1 fully saturated rings. The van der Waals surface area contributed by atoms with Gasteiger partial charge < -0.3 is 14.5 Å². The van der Waals surface area contributed by atoms with E-state index in [-0.39, 0.29) is 28.3 Å².